The van der Waals surface area contributed by atoms with Crippen LogP contribution in [0.2, 0.25) is 5.15 Å². The van der Waals surface area contributed by atoms with Crippen LogP contribution in [-0.4, -0.2) is 36.9 Å². The summed E-state index contributed by atoms with van der Waals surface area (Å²) < 4.78 is 27.8. The maximum atomic E-state index is 12.7. The predicted molar refractivity (Wildman–Crippen MR) is 122 cm³/mol. The summed E-state index contributed by atoms with van der Waals surface area (Å²) in [5.41, 5.74) is 1.50. The van der Waals surface area contributed by atoms with Crippen molar-refractivity contribution < 1.29 is 13.2 Å². The third-order valence-electron chi connectivity index (χ3n) is 4.80. The van der Waals surface area contributed by atoms with Crippen LogP contribution in [0.5, 0.6) is 0 Å². The summed E-state index contributed by atoms with van der Waals surface area (Å²) in [4.78, 5) is 21.8. The molecular formula is C20H20ClN5O3S2. The number of hydrogen-bond acceptors (Lipinski definition) is 7. The molecule has 2 aromatic heterocycles. The number of pyridine rings is 1. The van der Waals surface area contributed by atoms with Crippen molar-refractivity contribution >= 4 is 49.7 Å². The van der Waals surface area contributed by atoms with Gasteiger partial charge >= 0.3 is 0 Å². The van der Waals surface area contributed by atoms with Gasteiger partial charge in [-0.3, -0.25) is 9.52 Å². The van der Waals surface area contributed by atoms with Crippen molar-refractivity contribution in [2.75, 3.05) is 16.6 Å². The Hall–Kier alpha value is -2.53. The van der Waals surface area contributed by atoms with Gasteiger partial charge in [0.25, 0.3) is 10.0 Å². The maximum absolute atomic E-state index is 12.7. The first-order valence-corrected chi connectivity index (χ1v) is 12.3. The molecule has 4 rings (SSSR count). The normalized spacial score (nSPS) is 16.3. The number of carbonyl (C=O) groups is 1. The third-order valence-corrected chi connectivity index (χ3v) is 7.61. The van der Waals surface area contributed by atoms with Crippen LogP contribution in [0.1, 0.15) is 18.5 Å². The number of rotatable bonds is 6. The quantitative estimate of drug-likeness (QED) is 0.467. The Morgan fingerprint density at radius 1 is 1.29 bits per heavy atom. The van der Waals surface area contributed by atoms with Crippen molar-refractivity contribution in [3.8, 4) is 10.4 Å². The molecule has 162 valence electrons. The van der Waals surface area contributed by atoms with Crippen LogP contribution in [0.3, 0.4) is 0 Å². The first-order chi connectivity index (χ1) is 14.8. The maximum Gasteiger partial charge on any atom is 0.261 e. The van der Waals surface area contributed by atoms with E-state index in [0.29, 0.717) is 16.4 Å². The number of carbonyl (C=O) groups excluding carboxylic acids is 1. The summed E-state index contributed by atoms with van der Waals surface area (Å²) in [6.07, 6.45) is 3.32. The van der Waals surface area contributed by atoms with Crippen molar-refractivity contribution in [1.29, 1.82) is 0 Å². The van der Waals surface area contributed by atoms with Gasteiger partial charge in [0.15, 0.2) is 10.3 Å². The summed E-state index contributed by atoms with van der Waals surface area (Å²) in [7, 11) is -3.82. The molecule has 8 nitrogen and oxygen atoms in total. The molecule has 0 unspecified atom stereocenters. The van der Waals surface area contributed by atoms with Crippen molar-refractivity contribution in [3.05, 3.63) is 53.4 Å². The second-order valence-electron chi connectivity index (χ2n) is 7.05. The molecule has 1 fully saturated rings. The molecule has 1 atom stereocenters. The minimum atomic E-state index is -3.82. The van der Waals surface area contributed by atoms with Crippen molar-refractivity contribution in [2.45, 2.75) is 30.7 Å². The van der Waals surface area contributed by atoms with Crippen LogP contribution < -0.4 is 15.4 Å². The highest BCUT2D eigenvalue weighted by atomic mass is 35.5. The van der Waals surface area contributed by atoms with E-state index >= 15 is 0 Å². The summed E-state index contributed by atoms with van der Waals surface area (Å²) in [5, 5.41) is 6.51. The monoisotopic (exact) mass is 477 g/mol. The predicted octanol–water partition coefficient (Wildman–Crippen LogP) is 3.66. The number of anilines is 2. The molecule has 11 heteroatoms. The molecule has 1 aromatic carbocycles. The van der Waals surface area contributed by atoms with Gasteiger partial charge in [0.05, 0.1) is 27.2 Å². The third kappa shape index (κ3) is 4.87. The fourth-order valence-electron chi connectivity index (χ4n) is 3.27. The number of benzene rings is 1. The van der Waals surface area contributed by atoms with E-state index in [-0.39, 0.29) is 27.7 Å². The minimum absolute atomic E-state index is 0.0336. The average Bonchev–Trinajstić information content (AvgIpc) is 3.40. The Kier molecular flexibility index (Phi) is 6.24. The van der Waals surface area contributed by atoms with Gasteiger partial charge in [-0.05, 0) is 44.5 Å². The van der Waals surface area contributed by atoms with E-state index in [1.165, 1.54) is 23.5 Å². The Bertz CT molecular complexity index is 1210. The molecule has 1 aliphatic rings. The highest BCUT2D eigenvalue weighted by Crippen LogP contribution is 2.35. The molecule has 1 amide bonds. The first-order valence-electron chi connectivity index (χ1n) is 9.59. The van der Waals surface area contributed by atoms with E-state index in [1.807, 2.05) is 6.92 Å². The van der Waals surface area contributed by atoms with Gasteiger partial charge in [-0.25, -0.2) is 18.4 Å². The van der Waals surface area contributed by atoms with Crippen LogP contribution in [0.25, 0.3) is 10.4 Å². The number of amides is 1. The van der Waals surface area contributed by atoms with Crippen LogP contribution >= 0.6 is 22.9 Å². The number of nitrogens with zero attached hydrogens (tertiary/aromatic N) is 2. The van der Waals surface area contributed by atoms with Gasteiger partial charge < -0.3 is 10.6 Å². The van der Waals surface area contributed by atoms with Gasteiger partial charge in [-0.2, -0.15) is 0 Å². The Labute approximate surface area is 189 Å². The fourth-order valence-corrected chi connectivity index (χ4v) is 5.50. The van der Waals surface area contributed by atoms with E-state index in [9.17, 15) is 13.2 Å². The second kappa shape index (κ2) is 8.91. The number of sulfonamides is 1. The summed E-state index contributed by atoms with van der Waals surface area (Å²) in [5.74, 6) is -0.108. The molecule has 0 aliphatic carbocycles. The lowest BCUT2D eigenvalue weighted by Crippen LogP contribution is -2.35. The Balaban J connectivity index is 1.58. The number of aromatic nitrogens is 2. The summed E-state index contributed by atoms with van der Waals surface area (Å²) in [6.45, 7) is 2.65. The largest absolute Gasteiger partial charge is 0.306 e. The van der Waals surface area contributed by atoms with Gasteiger partial charge in [-0.15, -0.1) is 0 Å². The Morgan fingerprint density at radius 2 is 2.06 bits per heavy atom. The topological polar surface area (TPSA) is 113 Å². The van der Waals surface area contributed by atoms with E-state index in [1.54, 1.807) is 30.5 Å². The van der Waals surface area contributed by atoms with Gasteiger partial charge in [-0.1, -0.05) is 41.1 Å². The number of aryl methyl sites for hydroxylation is 1. The van der Waals surface area contributed by atoms with E-state index in [2.05, 4.69) is 25.3 Å². The van der Waals surface area contributed by atoms with Crippen molar-refractivity contribution in [1.82, 2.24) is 15.3 Å². The van der Waals surface area contributed by atoms with Crippen molar-refractivity contribution in [3.63, 3.8) is 0 Å². The first kappa shape index (κ1) is 21.7. The molecule has 0 radical (unpaired) electrons. The minimum Gasteiger partial charge on any atom is -0.306 e. The molecule has 0 bridgehead atoms. The fraction of sp³-hybridized carbons (Fsp3) is 0.250. The summed E-state index contributed by atoms with van der Waals surface area (Å²) in [6, 6.07) is 9.42. The number of hydrogen-bond donors (Lipinski definition) is 3. The van der Waals surface area contributed by atoms with Gasteiger partial charge in [0.1, 0.15) is 0 Å². The molecule has 3 aromatic rings. The zero-order chi connectivity index (χ0) is 22.0. The number of thiazole rings is 1. The summed E-state index contributed by atoms with van der Waals surface area (Å²) >= 11 is 7.45. The SMILES string of the molecule is Cc1nc(NC(=O)[C@@H]2CCCN2)sc1-c1cnc(Cl)c(NS(=O)(=O)c2ccccc2)c1. The van der Waals surface area contributed by atoms with Crippen LogP contribution in [0.4, 0.5) is 10.8 Å². The van der Waals surface area contributed by atoms with Crippen LogP contribution in [0, 0.1) is 6.92 Å². The molecule has 3 heterocycles. The molecule has 0 spiro atoms. The second-order valence-corrected chi connectivity index (χ2v) is 10.1. The molecule has 0 saturated carbocycles. The van der Waals surface area contributed by atoms with E-state index in [4.69, 9.17) is 11.6 Å². The molecule has 3 N–H and O–H groups in total. The van der Waals surface area contributed by atoms with Crippen LogP contribution in [0.15, 0.2) is 47.5 Å². The highest BCUT2D eigenvalue weighted by Gasteiger charge is 2.24. The molecule has 1 aliphatic heterocycles. The van der Waals surface area contributed by atoms with Gasteiger partial charge in [0, 0.05) is 11.8 Å². The van der Waals surface area contributed by atoms with E-state index in [0.717, 1.165) is 24.3 Å². The lowest BCUT2D eigenvalue weighted by Gasteiger charge is -2.10. The number of nitrogens with one attached hydrogen (secondary N) is 3. The number of halogens is 1. The zero-order valence-corrected chi connectivity index (χ0v) is 18.9. The molecular weight excluding hydrogens is 458 g/mol. The van der Waals surface area contributed by atoms with Crippen LogP contribution in [-0.2, 0) is 14.8 Å². The van der Waals surface area contributed by atoms with Gasteiger partial charge in [0.2, 0.25) is 5.91 Å². The average molecular weight is 478 g/mol. The lowest BCUT2D eigenvalue weighted by molar-refractivity contribution is -0.117. The molecule has 1 saturated heterocycles. The van der Waals surface area contributed by atoms with Crippen molar-refractivity contribution in [2.24, 2.45) is 0 Å². The zero-order valence-electron chi connectivity index (χ0n) is 16.6. The molecule has 31 heavy (non-hydrogen) atoms. The standard InChI is InChI=1S/C20H20ClN5O3S2/c1-12-17(30-20(24-12)25-19(27)15-8-5-9-22-15)13-10-16(18(21)23-11-13)26-31(28,29)14-6-3-2-4-7-14/h2-4,6-7,10-11,15,22,26H,5,8-9H2,1H3,(H,24,25,27)/t15-/m0/s1. The Morgan fingerprint density at radius 3 is 2.77 bits per heavy atom. The highest BCUT2D eigenvalue weighted by molar-refractivity contribution is 7.92. The van der Waals surface area contributed by atoms with E-state index < -0.39 is 10.0 Å². The smallest absolute Gasteiger partial charge is 0.261 e. The lowest BCUT2D eigenvalue weighted by atomic mass is 10.2.